The predicted octanol–water partition coefficient (Wildman–Crippen LogP) is 1.62. The topological polar surface area (TPSA) is 52.6 Å². The summed E-state index contributed by atoms with van der Waals surface area (Å²) in [4.78, 5) is 22.3. The summed E-state index contributed by atoms with van der Waals surface area (Å²) >= 11 is 0. The van der Waals surface area contributed by atoms with Gasteiger partial charge >= 0.3 is 5.97 Å². The van der Waals surface area contributed by atoms with Gasteiger partial charge in [0.25, 0.3) is 0 Å². The lowest BCUT2D eigenvalue weighted by molar-refractivity contribution is -0.134. The maximum Gasteiger partial charge on any atom is 0.330 e. The summed E-state index contributed by atoms with van der Waals surface area (Å²) in [5, 5.41) is 0. The van der Waals surface area contributed by atoms with Crippen molar-refractivity contribution in [3.8, 4) is 0 Å². The van der Waals surface area contributed by atoms with E-state index < -0.39 is 5.97 Å². The Morgan fingerprint density at radius 1 is 1.24 bits per heavy atom. The van der Waals surface area contributed by atoms with Gasteiger partial charge in [-0.3, -0.25) is 4.79 Å². The van der Waals surface area contributed by atoms with Crippen molar-refractivity contribution in [3.63, 3.8) is 0 Å². The minimum atomic E-state index is -0.442. The SMILES string of the molecule is COC(=O)/C=C/COCC(=O)c1ccccc1. The first-order valence-electron chi connectivity index (χ1n) is 5.14. The molecule has 0 saturated heterocycles. The number of carbonyl (C=O) groups excluding carboxylic acids is 2. The summed E-state index contributed by atoms with van der Waals surface area (Å²) in [6.45, 7) is 0.198. The lowest BCUT2D eigenvalue weighted by atomic mass is 10.1. The molecule has 0 spiro atoms. The summed E-state index contributed by atoms with van der Waals surface area (Å²) in [5.41, 5.74) is 0.615. The summed E-state index contributed by atoms with van der Waals surface area (Å²) in [7, 11) is 1.30. The standard InChI is InChI=1S/C13H14O4/c1-16-13(15)8-5-9-17-10-12(14)11-6-3-2-4-7-11/h2-8H,9-10H2,1H3/b8-5+. The fraction of sp³-hybridized carbons (Fsp3) is 0.231. The van der Waals surface area contributed by atoms with Crippen LogP contribution in [0.15, 0.2) is 42.5 Å². The van der Waals surface area contributed by atoms with Crippen LogP contribution in [0, 0.1) is 0 Å². The van der Waals surface area contributed by atoms with Crippen LogP contribution in [0.5, 0.6) is 0 Å². The molecule has 0 atom stereocenters. The zero-order valence-corrected chi connectivity index (χ0v) is 9.59. The van der Waals surface area contributed by atoms with Gasteiger partial charge < -0.3 is 9.47 Å². The maximum absolute atomic E-state index is 11.6. The third-order valence-electron chi connectivity index (χ3n) is 2.00. The van der Waals surface area contributed by atoms with Crippen molar-refractivity contribution in [2.75, 3.05) is 20.3 Å². The zero-order valence-electron chi connectivity index (χ0n) is 9.59. The maximum atomic E-state index is 11.6. The molecule has 0 unspecified atom stereocenters. The van der Waals surface area contributed by atoms with E-state index in [4.69, 9.17) is 4.74 Å². The molecule has 1 rings (SSSR count). The summed E-state index contributed by atoms with van der Waals surface area (Å²) in [6, 6.07) is 8.90. The molecule has 4 nitrogen and oxygen atoms in total. The number of hydrogen-bond acceptors (Lipinski definition) is 4. The van der Waals surface area contributed by atoms with Gasteiger partial charge in [-0.1, -0.05) is 36.4 Å². The zero-order chi connectivity index (χ0) is 12.5. The van der Waals surface area contributed by atoms with Gasteiger partial charge in [0.15, 0.2) is 5.78 Å². The molecule has 17 heavy (non-hydrogen) atoms. The van der Waals surface area contributed by atoms with Gasteiger partial charge in [0, 0.05) is 11.6 Å². The molecule has 4 heteroatoms. The number of Topliss-reactive ketones (excluding diaryl/α,β-unsaturated/α-hetero) is 1. The minimum Gasteiger partial charge on any atom is -0.466 e. The molecule has 0 saturated carbocycles. The van der Waals surface area contributed by atoms with Crippen molar-refractivity contribution in [3.05, 3.63) is 48.0 Å². The van der Waals surface area contributed by atoms with E-state index in [1.54, 1.807) is 24.3 Å². The number of ketones is 1. The average molecular weight is 234 g/mol. The van der Waals surface area contributed by atoms with E-state index in [-0.39, 0.29) is 19.0 Å². The Morgan fingerprint density at radius 2 is 1.94 bits per heavy atom. The number of benzene rings is 1. The molecular weight excluding hydrogens is 220 g/mol. The minimum absolute atomic E-state index is 0.00444. The number of hydrogen-bond donors (Lipinski definition) is 0. The number of carbonyl (C=O) groups is 2. The van der Waals surface area contributed by atoms with Crippen LogP contribution < -0.4 is 0 Å². The Labute approximate surface area is 99.8 Å². The van der Waals surface area contributed by atoms with E-state index in [0.717, 1.165) is 0 Å². The molecule has 0 aliphatic carbocycles. The molecule has 0 bridgehead atoms. The molecule has 0 aliphatic rings. The highest BCUT2D eigenvalue weighted by atomic mass is 16.5. The molecule has 0 heterocycles. The summed E-state index contributed by atoms with van der Waals surface area (Å²) in [5.74, 6) is -0.528. The highest BCUT2D eigenvalue weighted by Crippen LogP contribution is 2.00. The first-order valence-corrected chi connectivity index (χ1v) is 5.14. The molecule has 0 aliphatic heterocycles. The number of esters is 1. The Kier molecular flexibility index (Phi) is 5.68. The Morgan fingerprint density at radius 3 is 2.59 bits per heavy atom. The van der Waals surface area contributed by atoms with Crippen LogP contribution in [0.3, 0.4) is 0 Å². The number of rotatable bonds is 6. The second-order valence-corrected chi connectivity index (χ2v) is 3.23. The van der Waals surface area contributed by atoms with Crippen LogP contribution in [-0.2, 0) is 14.3 Å². The summed E-state index contributed by atoms with van der Waals surface area (Å²) < 4.78 is 9.50. The van der Waals surface area contributed by atoms with Gasteiger partial charge in [0.05, 0.1) is 13.7 Å². The Balaban J connectivity index is 2.26. The van der Waals surface area contributed by atoms with E-state index in [1.165, 1.54) is 19.3 Å². The second kappa shape index (κ2) is 7.35. The first-order chi connectivity index (χ1) is 8.24. The van der Waals surface area contributed by atoms with Gasteiger partial charge in [-0.15, -0.1) is 0 Å². The number of ether oxygens (including phenoxy) is 2. The lowest BCUT2D eigenvalue weighted by Crippen LogP contribution is -2.09. The van der Waals surface area contributed by atoms with E-state index in [0.29, 0.717) is 5.56 Å². The molecule has 0 fully saturated rings. The average Bonchev–Trinajstić information content (AvgIpc) is 2.38. The summed E-state index contributed by atoms with van der Waals surface area (Å²) in [6.07, 6.45) is 2.76. The molecule has 0 radical (unpaired) electrons. The van der Waals surface area contributed by atoms with Crippen LogP contribution >= 0.6 is 0 Å². The van der Waals surface area contributed by atoms with Gasteiger partial charge in [0.1, 0.15) is 6.61 Å². The monoisotopic (exact) mass is 234 g/mol. The quantitative estimate of drug-likeness (QED) is 0.325. The predicted molar refractivity (Wildman–Crippen MR) is 62.7 cm³/mol. The molecule has 90 valence electrons. The van der Waals surface area contributed by atoms with Gasteiger partial charge in [0.2, 0.25) is 0 Å². The number of methoxy groups -OCH3 is 1. The molecule has 1 aromatic rings. The van der Waals surface area contributed by atoms with Crippen molar-refractivity contribution < 1.29 is 19.1 Å². The molecule has 1 aromatic carbocycles. The van der Waals surface area contributed by atoms with E-state index >= 15 is 0 Å². The third kappa shape index (κ3) is 5.08. The normalized spacial score (nSPS) is 10.4. The van der Waals surface area contributed by atoms with Crippen molar-refractivity contribution in [1.82, 2.24) is 0 Å². The van der Waals surface area contributed by atoms with Crippen LogP contribution in [0.2, 0.25) is 0 Å². The van der Waals surface area contributed by atoms with Crippen LogP contribution in [-0.4, -0.2) is 32.1 Å². The van der Waals surface area contributed by atoms with Crippen LogP contribution in [0.1, 0.15) is 10.4 Å². The van der Waals surface area contributed by atoms with E-state index in [1.807, 2.05) is 6.07 Å². The van der Waals surface area contributed by atoms with E-state index in [2.05, 4.69) is 4.74 Å². The molecular formula is C13H14O4. The lowest BCUT2D eigenvalue weighted by Gasteiger charge is -2.00. The Bertz CT molecular complexity index is 395. The van der Waals surface area contributed by atoms with Gasteiger partial charge in [-0.2, -0.15) is 0 Å². The van der Waals surface area contributed by atoms with Crippen molar-refractivity contribution in [1.29, 1.82) is 0 Å². The van der Waals surface area contributed by atoms with Crippen LogP contribution in [0.4, 0.5) is 0 Å². The molecule has 0 amide bonds. The Hall–Kier alpha value is -1.94. The smallest absolute Gasteiger partial charge is 0.330 e. The second-order valence-electron chi connectivity index (χ2n) is 3.23. The highest BCUT2D eigenvalue weighted by Gasteiger charge is 2.03. The molecule has 0 aromatic heterocycles. The highest BCUT2D eigenvalue weighted by molar-refractivity contribution is 5.97. The van der Waals surface area contributed by atoms with Gasteiger partial charge in [-0.25, -0.2) is 4.79 Å². The van der Waals surface area contributed by atoms with Crippen LogP contribution in [0.25, 0.3) is 0 Å². The van der Waals surface area contributed by atoms with E-state index in [9.17, 15) is 9.59 Å². The largest absolute Gasteiger partial charge is 0.466 e. The third-order valence-corrected chi connectivity index (χ3v) is 2.00. The van der Waals surface area contributed by atoms with Crippen molar-refractivity contribution in [2.45, 2.75) is 0 Å². The fourth-order valence-corrected chi connectivity index (χ4v) is 1.14. The van der Waals surface area contributed by atoms with Crippen molar-refractivity contribution >= 4 is 11.8 Å². The van der Waals surface area contributed by atoms with Gasteiger partial charge in [-0.05, 0) is 0 Å². The first kappa shape index (κ1) is 13.1. The fourth-order valence-electron chi connectivity index (χ4n) is 1.14. The van der Waals surface area contributed by atoms with Crippen molar-refractivity contribution in [2.24, 2.45) is 0 Å². The molecule has 0 N–H and O–H groups in total.